The highest BCUT2D eigenvalue weighted by molar-refractivity contribution is 5.82. The number of carbonyl (C=O) groups is 1. The first-order chi connectivity index (χ1) is 11.8. The number of amides is 1. The summed E-state index contributed by atoms with van der Waals surface area (Å²) < 4.78 is 5.88. The number of rotatable bonds is 7. The van der Waals surface area contributed by atoms with Gasteiger partial charge in [-0.3, -0.25) is 9.78 Å². The molecule has 0 spiro atoms. The fourth-order valence-corrected chi connectivity index (χ4v) is 3.39. The Morgan fingerprint density at radius 2 is 2.12 bits per heavy atom. The van der Waals surface area contributed by atoms with E-state index >= 15 is 0 Å². The summed E-state index contributed by atoms with van der Waals surface area (Å²) in [5, 5.41) is 2.99. The molecule has 0 bridgehead atoms. The molecule has 132 valence electrons. The summed E-state index contributed by atoms with van der Waals surface area (Å²) in [5.74, 6) is 0.0404. The van der Waals surface area contributed by atoms with Gasteiger partial charge in [-0.05, 0) is 37.8 Å². The first-order valence-corrected chi connectivity index (χ1v) is 9.14. The molecule has 2 aliphatic rings. The zero-order chi connectivity index (χ0) is 16.6. The monoisotopic (exact) mass is 332 g/mol. The molecule has 3 N–H and O–H groups in total. The molecular formula is C18H28N4O2. The van der Waals surface area contributed by atoms with Gasteiger partial charge in [0.1, 0.15) is 6.04 Å². The van der Waals surface area contributed by atoms with Gasteiger partial charge in [0.05, 0.1) is 17.8 Å². The maximum atomic E-state index is 12.2. The lowest BCUT2D eigenvalue weighted by Crippen LogP contribution is -2.43. The normalized spacial score (nSPS) is 24.8. The van der Waals surface area contributed by atoms with Crippen molar-refractivity contribution >= 4 is 5.91 Å². The maximum Gasteiger partial charge on any atom is 0.238 e. The van der Waals surface area contributed by atoms with E-state index in [2.05, 4.69) is 21.2 Å². The van der Waals surface area contributed by atoms with Crippen LogP contribution in [0.1, 0.15) is 56.7 Å². The molecule has 24 heavy (non-hydrogen) atoms. The molecule has 3 rings (SSSR count). The molecule has 2 fully saturated rings. The summed E-state index contributed by atoms with van der Waals surface area (Å²) in [4.78, 5) is 16.5. The minimum Gasteiger partial charge on any atom is -0.378 e. The van der Waals surface area contributed by atoms with Gasteiger partial charge in [-0.2, -0.15) is 0 Å². The van der Waals surface area contributed by atoms with Crippen LogP contribution in [0.25, 0.3) is 0 Å². The third kappa shape index (κ3) is 5.00. The van der Waals surface area contributed by atoms with Crippen molar-refractivity contribution in [2.24, 2.45) is 0 Å². The molecule has 1 aromatic heterocycles. The van der Waals surface area contributed by atoms with E-state index in [1.165, 1.54) is 32.1 Å². The molecule has 1 amide bonds. The third-order valence-electron chi connectivity index (χ3n) is 4.79. The van der Waals surface area contributed by atoms with Crippen molar-refractivity contribution in [2.45, 2.75) is 63.1 Å². The van der Waals surface area contributed by atoms with Crippen molar-refractivity contribution in [2.75, 3.05) is 13.2 Å². The standard InChI is InChI=1S/C18H28N4O2/c23-18(20-11-6-12-24-14-7-2-1-3-8-14)17-13-16(21-22-17)15-9-4-5-10-19-15/h4-5,9-10,14,16-17,21-22H,1-3,6-8,11-13H2,(H,20,23). The van der Waals surface area contributed by atoms with Crippen LogP contribution < -0.4 is 16.2 Å². The Hall–Kier alpha value is -1.50. The number of nitrogens with zero attached hydrogens (tertiary/aromatic N) is 1. The minimum atomic E-state index is -0.212. The predicted octanol–water partition coefficient (Wildman–Crippen LogP) is 1.84. The average Bonchev–Trinajstić information content (AvgIpc) is 3.13. The van der Waals surface area contributed by atoms with Crippen molar-refractivity contribution in [3.8, 4) is 0 Å². The smallest absolute Gasteiger partial charge is 0.238 e. The number of pyridine rings is 1. The van der Waals surface area contributed by atoms with E-state index in [1.54, 1.807) is 6.20 Å². The van der Waals surface area contributed by atoms with Gasteiger partial charge in [-0.15, -0.1) is 0 Å². The van der Waals surface area contributed by atoms with E-state index in [9.17, 15) is 4.79 Å². The third-order valence-corrected chi connectivity index (χ3v) is 4.79. The lowest BCUT2D eigenvalue weighted by molar-refractivity contribution is -0.122. The van der Waals surface area contributed by atoms with Gasteiger partial charge in [-0.25, -0.2) is 10.9 Å². The summed E-state index contributed by atoms with van der Waals surface area (Å²) in [5.41, 5.74) is 7.17. The second-order valence-electron chi connectivity index (χ2n) is 6.66. The number of hydrogen-bond donors (Lipinski definition) is 3. The van der Waals surface area contributed by atoms with Crippen molar-refractivity contribution in [1.82, 2.24) is 21.2 Å². The Kier molecular flexibility index (Phi) is 6.57. The first-order valence-electron chi connectivity index (χ1n) is 9.14. The number of aromatic nitrogens is 1. The molecule has 1 aromatic rings. The van der Waals surface area contributed by atoms with Gasteiger partial charge in [0.2, 0.25) is 5.91 Å². The first kappa shape index (κ1) is 17.3. The molecule has 1 aliphatic carbocycles. The van der Waals surface area contributed by atoms with Crippen LogP contribution in [0.2, 0.25) is 0 Å². The predicted molar refractivity (Wildman–Crippen MR) is 92.1 cm³/mol. The van der Waals surface area contributed by atoms with Gasteiger partial charge < -0.3 is 10.1 Å². The highest BCUT2D eigenvalue weighted by Crippen LogP contribution is 2.21. The Morgan fingerprint density at radius 3 is 2.92 bits per heavy atom. The van der Waals surface area contributed by atoms with Crippen LogP contribution in [0, 0.1) is 0 Å². The fraction of sp³-hybridized carbons (Fsp3) is 0.667. The molecule has 0 aromatic carbocycles. The summed E-state index contributed by atoms with van der Waals surface area (Å²) >= 11 is 0. The van der Waals surface area contributed by atoms with Crippen molar-refractivity contribution in [3.05, 3.63) is 30.1 Å². The van der Waals surface area contributed by atoms with E-state index in [0.29, 0.717) is 19.1 Å². The van der Waals surface area contributed by atoms with Crippen LogP contribution in [-0.4, -0.2) is 36.2 Å². The molecule has 6 nitrogen and oxygen atoms in total. The molecule has 1 saturated heterocycles. The van der Waals surface area contributed by atoms with Gasteiger partial charge >= 0.3 is 0 Å². The molecule has 6 heteroatoms. The molecular weight excluding hydrogens is 304 g/mol. The second kappa shape index (κ2) is 9.11. The molecule has 1 aliphatic heterocycles. The highest BCUT2D eigenvalue weighted by Gasteiger charge is 2.30. The zero-order valence-corrected chi connectivity index (χ0v) is 14.2. The number of nitrogens with one attached hydrogen (secondary N) is 3. The molecule has 2 unspecified atom stereocenters. The Bertz CT molecular complexity index is 505. The van der Waals surface area contributed by atoms with E-state index in [0.717, 1.165) is 18.7 Å². The molecule has 2 heterocycles. The Morgan fingerprint density at radius 1 is 1.25 bits per heavy atom. The van der Waals surface area contributed by atoms with E-state index in [1.807, 2.05) is 18.2 Å². The van der Waals surface area contributed by atoms with Gasteiger partial charge in [0, 0.05) is 19.3 Å². The number of carbonyl (C=O) groups excluding carboxylic acids is 1. The van der Waals surface area contributed by atoms with Gasteiger partial charge in [0.25, 0.3) is 0 Å². The summed E-state index contributed by atoms with van der Waals surface area (Å²) in [6, 6.07) is 5.70. The maximum absolute atomic E-state index is 12.2. The average molecular weight is 332 g/mol. The second-order valence-corrected chi connectivity index (χ2v) is 6.66. The van der Waals surface area contributed by atoms with Crippen LogP contribution in [0.4, 0.5) is 0 Å². The van der Waals surface area contributed by atoms with Crippen LogP contribution >= 0.6 is 0 Å². The topological polar surface area (TPSA) is 75.3 Å². The lowest BCUT2D eigenvalue weighted by atomic mass is 9.98. The van der Waals surface area contributed by atoms with E-state index < -0.39 is 0 Å². The van der Waals surface area contributed by atoms with Crippen LogP contribution in [0.3, 0.4) is 0 Å². The Balaban J connectivity index is 1.30. The van der Waals surface area contributed by atoms with E-state index in [4.69, 9.17) is 4.74 Å². The van der Waals surface area contributed by atoms with Gasteiger partial charge in [0.15, 0.2) is 0 Å². The van der Waals surface area contributed by atoms with Crippen molar-refractivity contribution in [1.29, 1.82) is 0 Å². The quantitative estimate of drug-likeness (QED) is 0.665. The van der Waals surface area contributed by atoms with Crippen molar-refractivity contribution in [3.63, 3.8) is 0 Å². The number of hydrazine groups is 1. The highest BCUT2D eigenvalue weighted by atomic mass is 16.5. The molecule has 1 saturated carbocycles. The summed E-state index contributed by atoms with van der Waals surface area (Å²) in [6.07, 6.45) is 10.1. The zero-order valence-electron chi connectivity index (χ0n) is 14.2. The fourth-order valence-electron chi connectivity index (χ4n) is 3.39. The lowest BCUT2D eigenvalue weighted by Gasteiger charge is -2.22. The van der Waals surface area contributed by atoms with Crippen LogP contribution in [0.5, 0.6) is 0 Å². The molecule has 2 atom stereocenters. The van der Waals surface area contributed by atoms with Crippen LogP contribution in [-0.2, 0) is 9.53 Å². The SMILES string of the molecule is O=C(NCCCOC1CCCCC1)C1CC(c2ccccn2)NN1. The summed E-state index contributed by atoms with van der Waals surface area (Å²) in [6.45, 7) is 1.40. The summed E-state index contributed by atoms with van der Waals surface area (Å²) in [7, 11) is 0. The minimum absolute atomic E-state index is 0.0404. The van der Waals surface area contributed by atoms with E-state index in [-0.39, 0.29) is 18.0 Å². The van der Waals surface area contributed by atoms with Gasteiger partial charge in [-0.1, -0.05) is 25.3 Å². The van der Waals surface area contributed by atoms with Crippen LogP contribution in [0.15, 0.2) is 24.4 Å². The largest absolute Gasteiger partial charge is 0.378 e. The Labute approximate surface area is 143 Å². The molecule has 0 radical (unpaired) electrons. The van der Waals surface area contributed by atoms with Crippen molar-refractivity contribution < 1.29 is 9.53 Å². The number of hydrogen-bond acceptors (Lipinski definition) is 5. The number of ether oxygens (including phenoxy) is 1.